The summed E-state index contributed by atoms with van der Waals surface area (Å²) in [4.78, 5) is 23.0. The minimum absolute atomic E-state index is 0.130. The topological polar surface area (TPSA) is 81.7 Å². The van der Waals surface area contributed by atoms with Crippen molar-refractivity contribution in [1.82, 2.24) is 15.5 Å². The highest BCUT2D eigenvalue weighted by molar-refractivity contribution is 5.81. The summed E-state index contributed by atoms with van der Waals surface area (Å²) in [5.74, 6) is -0.163. The molecule has 0 unspecified atom stereocenters. The van der Waals surface area contributed by atoms with Crippen LogP contribution in [0.1, 0.15) is 0 Å². The van der Waals surface area contributed by atoms with E-state index in [1.807, 2.05) is 5.32 Å². The number of carboxylic acid groups (broad SMARTS) is 1. The average Bonchev–Trinajstić information content (AvgIpc) is 2.15. The molecule has 0 aliphatic carbocycles. The Morgan fingerprint density at radius 1 is 1.38 bits per heavy atom. The zero-order valence-electron chi connectivity index (χ0n) is 7.25. The zero-order chi connectivity index (χ0) is 9.68. The van der Waals surface area contributed by atoms with Gasteiger partial charge in [0.1, 0.15) is 6.54 Å². The second-order valence-electron chi connectivity index (χ2n) is 2.79. The molecule has 74 valence electrons. The molecule has 0 saturated carbocycles. The van der Waals surface area contributed by atoms with E-state index in [0.29, 0.717) is 13.1 Å². The lowest BCUT2D eigenvalue weighted by Gasteiger charge is -2.27. The maximum Gasteiger partial charge on any atom is 0.405 e. The lowest BCUT2D eigenvalue weighted by Crippen LogP contribution is -2.49. The predicted molar refractivity (Wildman–Crippen MR) is 45.5 cm³/mol. The van der Waals surface area contributed by atoms with Gasteiger partial charge in [0.2, 0.25) is 5.91 Å². The van der Waals surface area contributed by atoms with Crippen LogP contribution in [-0.2, 0) is 4.79 Å². The van der Waals surface area contributed by atoms with Crippen LogP contribution in [0.5, 0.6) is 0 Å². The Morgan fingerprint density at radius 3 is 2.54 bits per heavy atom. The first-order valence-corrected chi connectivity index (χ1v) is 4.15. The summed E-state index contributed by atoms with van der Waals surface area (Å²) in [6.45, 7) is 2.73. The van der Waals surface area contributed by atoms with Crippen molar-refractivity contribution < 1.29 is 14.7 Å². The highest BCUT2D eigenvalue weighted by atomic mass is 16.4. The number of carbonyl (C=O) groups excluding carboxylic acids is 1. The first-order chi connectivity index (χ1) is 6.20. The third-order valence-corrected chi connectivity index (χ3v) is 1.86. The fraction of sp³-hybridized carbons (Fsp3) is 0.714. The number of nitrogens with zero attached hydrogens (tertiary/aromatic N) is 1. The van der Waals surface area contributed by atoms with E-state index < -0.39 is 6.09 Å². The van der Waals surface area contributed by atoms with Crippen molar-refractivity contribution in [3.63, 3.8) is 0 Å². The van der Waals surface area contributed by atoms with Crippen LogP contribution in [-0.4, -0.2) is 54.7 Å². The Kier molecular flexibility index (Phi) is 3.51. The summed E-state index contributed by atoms with van der Waals surface area (Å²) in [5, 5.41) is 13.4. The van der Waals surface area contributed by atoms with Gasteiger partial charge in [0, 0.05) is 26.2 Å². The minimum Gasteiger partial charge on any atom is -0.465 e. The van der Waals surface area contributed by atoms with E-state index in [-0.39, 0.29) is 12.5 Å². The molecule has 1 heterocycles. The van der Waals surface area contributed by atoms with Gasteiger partial charge in [-0.15, -0.1) is 0 Å². The van der Waals surface area contributed by atoms with E-state index in [1.54, 1.807) is 4.90 Å². The average molecular weight is 187 g/mol. The van der Waals surface area contributed by atoms with Crippen molar-refractivity contribution in [2.24, 2.45) is 0 Å². The number of nitrogens with one attached hydrogen (secondary N) is 2. The monoisotopic (exact) mass is 187 g/mol. The molecule has 0 aromatic heterocycles. The van der Waals surface area contributed by atoms with Gasteiger partial charge in [0.05, 0.1) is 0 Å². The number of rotatable bonds is 2. The second kappa shape index (κ2) is 4.66. The minimum atomic E-state index is -1.16. The van der Waals surface area contributed by atoms with Gasteiger partial charge in [0.25, 0.3) is 0 Å². The molecule has 0 aromatic carbocycles. The summed E-state index contributed by atoms with van der Waals surface area (Å²) >= 11 is 0. The third kappa shape index (κ3) is 3.29. The quantitative estimate of drug-likeness (QED) is 0.501. The molecular weight excluding hydrogens is 174 g/mol. The summed E-state index contributed by atoms with van der Waals surface area (Å²) in [7, 11) is 0. The van der Waals surface area contributed by atoms with Crippen LogP contribution < -0.4 is 10.6 Å². The van der Waals surface area contributed by atoms with Gasteiger partial charge in [-0.2, -0.15) is 0 Å². The van der Waals surface area contributed by atoms with Gasteiger partial charge in [-0.3, -0.25) is 4.79 Å². The fourth-order valence-corrected chi connectivity index (χ4v) is 1.18. The number of piperazine rings is 1. The lowest BCUT2D eigenvalue weighted by atomic mass is 10.3. The molecule has 3 N–H and O–H groups in total. The standard InChI is InChI=1S/C7H13N3O3/c11-6(5-9-7(12)13)10-3-1-8-2-4-10/h8-9H,1-5H2,(H,12,13). The number of amides is 2. The van der Waals surface area contributed by atoms with Crippen molar-refractivity contribution in [2.45, 2.75) is 0 Å². The molecule has 0 bridgehead atoms. The maximum atomic E-state index is 11.3. The van der Waals surface area contributed by atoms with Crippen molar-refractivity contribution in [1.29, 1.82) is 0 Å². The molecule has 1 aliphatic rings. The molecule has 0 spiro atoms. The smallest absolute Gasteiger partial charge is 0.405 e. The van der Waals surface area contributed by atoms with E-state index in [4.69, 9.17) is 5.11 Å². The molecule has 13 heavy (non-hydrogen) atoms. The molecule has 1 rings (SSSR count). The van der Waals surface area contributed by atoms with Crippen LogP contribution in [0.4, 0.5) is 4.79 Å². The van der Waals surface area contributed by atoms with E-state index in [0.717, 1.165) is 13.1 Å². The lowest BCUT2D eigenvalue weighted by molar-refractivity contribution is -0.130. The zero-order valence-corrected chi connectivity index (χ0v) is 7.25. The molecule has 0 atom stereocenters. The predicted octanol–water partition coefficient (Wildman–Crippen LogP) is -1.31. The third-order valence-electron chi connectivity index (χ3n) is 1.86. The molecule has 6 heteroatoms. The van der Waals surface area contributed by atoms with Crippen molar-refractivity contribution in [2.75, 3.05) is 32.7 Å². The van der Waals surface area contributed by atoms with Crippen LogP contribution in [0.2, 0.25) is 0 Å². The molecular formula is C7H13N3O3. The highest BCUT2D eigenvalue weighted by Crippen LogP contribution is 1.91. The molecule has 1 saturated heterocycles. The van der Waals surface area contributed by atoms with Crippen molar-refractivity contribution in [3.05, 3.63) is 0 Å². The Balaban J connectivity index is 2.25. The summed E-state index contributed by atoms with van der Waals surface area (Å²) in [6, 6.07) is 0. The maximum absolute atomic E-state index is 11.3. The van der Waals surface area contributed by atoms with Gasteiger partial charge in [-0.1, -0.05) is 0 Å². The molecule has 0 radical (unpaired) electrons. The van der Waals surface area contributed by atoms with Crippen LogP contribution >= 0.6 is 0 Å². The molecule has 1 aliphatic heterocycles. The molecule has 6 nitrogen and oxygen atoms in total. The van der Waals surface area contributed by atoms with Crippen molar-refractivity contribution in [3.8, 4) is 0 Å². The molecule has 0 aromatic rings. The Labute approximate surface area is 75.9 Å². The van der Waals surface area contributed by atoms with Crippen LogP contribution in [0.25, 0.3) is 0 Å². The normalized spacial score (nSPS) is 16.8. The van der Waals surface area contributed by atoms with Crippen LogP contribution in [0.15, 0.2) is 0 Å². The summed E-state index contributed by atoms with van der Waals surface area (Å²) < 4.78 is 0. The first-order valence-electron chi connectivity index (χ1n) is 4.15. The van der Waals surface area contributed by atoms with Gasteiger partial charge in [-0.25, -0.2) is 4.79 Å². The fourth-order valence-electron chi connectivity index (χ4n) is 1.18. The molecule has 2 amide bonds. The number of hydrogen-bond donors (Lipinski definition) is 3. The highest BCUT2D eigenvalue weighted by Gasteiger charge is 2.15. The Bertz CT molecular complexity index is 201. The first kappa shape index (κ1) is 9.79. The van der Waals surface area contributed by atoms with Crippen LogP contribution in [0, 0.1) is 0 Å². The van der Waals surface area contributed by atoms with E-state index in [1.165, 1.54) is 0 Å². The van der Waals surface area contributed by atoms with Gasteiger partial charge in [0.15, 0.2) is 0 Å². The summed E-state index contributed by atoms with van der Waals surface area (Å²) in [5.41, 5.74) is 0. The van der Waals surface area contributed by atoms with Gasteiger partial charge in [-0.05, 0) is 0 Å². The molecule has 1 fully saturated rings. The number of carbonyl (C=O) groups is 2. The summed E-state index contributed by atoms with van der Waals surface area (Å²) in [6.07, 6.45) is -1.16. The van der Waals surface area contributed by atoms with E-state index in [9.17, 15) is 9.59 Å². The second-order valence-corrected chi connectivity index (χ2v) is 2.79. The van der Waals surface area contributed by atoms with Crippen molar-refractivity contribution >= 4 is 12.0 Å². The largest absolute Gasteiger partial charge is 0.465 e. The Morgan fingerprint density at radius 2 is 2.00 bits per heavy atom. The number of hydrogen-bond acceptors (Lipinski definition) is 3. The Hall–Kier alpha value is -1.30. The SMILES string of the molecule is O=C(O)NCC(=O)N1CCNCC1. The van der Waals surface area contributed by atoms with Gasteiger partial charge >= 0.3 is 6.09 Å². The van der Waals surface area contributed by atoms with Gasteiger partial charge < -0.3 is 20.6 Å². The van der Waals surface area contributed by atoms with E-state index >= 15 is 0 Å². The van der Waals surface area contributed by atoms with E-state index in [2.05, 4.69) is 5.32 Å². The van der Waals surface area contributed by atoms with Crippen LogP contribution in [0.3, 0.4) is 0 Å².